The van der Waals surface area contributed by atoms with Gasteiger partial charge in [-0.15, -0.1) is 0 Å². The Morgan fingerprint density at radius 2 is 2.67 bits per heavy atom. The molecule has 47 valence electrons. The van der Waals surface area contributed by atoms with Crippen molar-refractivity contribution in [2.75, 3.05) is 0 Å². The zero-order valence-electron chi connectivity index (χ0n) is 4.87. The van der Waals surface area contributed by atoms with Crippen LogP contribution in [0.2, 0.25) is 0 Å². The number of hydrogen-bond acceptors (Lipinski definition) is 2. The molecule has 1 aromatic rings. The van der Waals surface area contributed by atoms with Gasteiger partial charge in [-0.05, 0) is 0 Å². The highest BCUT2D eigenvalue weighted by atomic mass is 16.1. The molecule has 0 unspecified atom stereocenters. The first-order valence-electron chi connectivity index (χ1n) is 2.68. The molecule has 0 aromatic carbocycles. The molecule has 1 N–H and O–H groups in total. The number of nitrogens with zero attached hydrogens (tertiary/aromatic N) is 1. The molecule has 0 atom stereocenters. The van der Waals surface area contributed by atoms with Crippen LogP contribution in [0.1, 0.15) is 12.1 Å². The van der Waals surface area contributed by atoms with Gasteiger partial charge in [-0.2, -0.15) is 0 Å². The van der Waals surface area contributed by atoms with Crippen molar-refractivity contribution in [2.24, 2.45) is 0 Å². The summed E-state index contributed by atoms with van der Waals surface area (Å²) < 4.78 is 0. The van der Waals surface area contributed by atoms with Crippen LogP contribution in [0.4, 0.5) is 0 Å². The molecule has 0 amide bonds. The minimum atomic E-state index is 0.447. The summed E-state index contributed by atoms with van der Waals surface area (Å²) in [5, 5.41) is 0. The second kappa shape index (κ2) is 3.02. The van der Waals surface area contributed by atoms with Crippen LogP contribution in [-0.2, 0) is 4.79 Å². The Labute approximate surface area is 53.1 Å². The molecule has 0 aliphatic carbocycles. The molecule has 1 rings (SSSR count). The van der Waals surface area contributed by atoms with Gasteiger partial charge in [-0.25, -0.2) is 4.98 Å². The summed E-state index contributed by atoms with van der Waals surface area (Å²) in [5.41, 5.74) is 0.891. The molecule has 9 heavy (non-hydrogen) atoms. The minimum Gasteiger partial charge on any atom is -0.348 e. The Morgan fingerprint density at radius 1 is 1.78 bits per heavy atom. The van der Waals surface area contributed by atoms with Crippen LogP contribution < -0.4 is 0 Å². The lowest BCUT2D eigenvalue weighted by molar-refractivity contribution is -0.107. The average molecular weight is 123 g/mol. The first-order chi connectivity index (χ1) is 4.43. The van der Waals surface area contributed by atoms with Crippen LogP contribution in [0.3, 0.4) is 0 Å². The molecule has 3 heteroatoms. The number of carbonyl (C=O) groups is 1. The summed E-state index contributed by atoms with van der Waals surface area (Å²) in [6.07, 6.45) is 6.32. The first kappa shape index (κ1) is 6.01. The van der Waals surface area contributed by atoms with Crippen LogP contribution >= 0.6 is 0 Å². The normalized spacial score (nSPS) is 9.33. The van der Waals surface area contributed by atoms with E-state index in [1.54, 1.807) is 18.9 Å². The highest BCUT2D eigenvalue weighted by Gasteiger charge is 1.90. The summed E-state index contributed by atoms with van der Waals surface area (Å²) in [5.74, 6) is 0. The van der Waals surface area contributed by atoms with E-state index < -0.39 is 0 Å². The van der Waals surface area contributed by atoms with E-state index in [0.717, 1.165) is 12.0 Å². The van der Waals surface area contributed by atoms with Gasteiger partial charge in [0, 0.05) is 24.7 Å². The summed E-state index contributed by atoms with van der Waals surface area (Å²) in [6.45, 7) is 0. The quantitative estimate of drug-likeness (QED) is 0.596. The largest absolute Gasteiger partial charge is 0.348 e. The van der Waals surface area contributed by atoms with Crippen LogP contribution in [-0.4, -0.2) is 16.3 Å². The van der Waals surface area contributed by atoms with Gasteiger partial charge < -0.3 is 9.78 Å². The molecule has 0 saturated heterocycles. The fraction of sp³-hybridized carbons (Fsp3) is 0.167. The van der Waals surface area contributed by atoms with Crippen molar-refractivity contribution in [2.45, 2.75) is 6.42 Å². The van der Waals surface area contributed by atoms with Gasteiger partial charge in [-0.3, -0.25) is 0 Å². The standard InChI is InChI=1S/C6H7N2O/c9-3-1-2-6-4-7-5-8-6/h2-5H,1H2,(H,7,8). The summed E-state index contributed by atoms with van der Waals surface area (Å²) in [7, 11) is 0. The molecule has 0 bridgehead atoms. The van der Waals surface area contributed by atoms with Gasteiger partial charge in [-0.1, -0.05) is 0 Å². The predicted molar refractivity (Wildman–Crippen MR) is 32.7 cm³/mol. The fourth-order valence-corrected chi connectivity index (χ4v) is 0.553. The third kappa shape index (κ3) is 1.68. The number of aromatic nitrogens is 2. The van der Waals surface area contributed by atoms with E-state index in [4.69, 9.17) is 0 Å². The lowest BCUT2D eigenvalue weighted by atomic mass is 10.3. The molecular formula is C6H7N2O. The zero-order chi connectivity index (χ0) is 6.53. The number of aldehydes is 1. The van der Waals surface area contributed by atoms with Crippen molar-refractivity contribution < 1.29 is 4.79 Å². The Bertz CT molecular complexity index is 169. The third-order valence-electron chi connectivity index (χ3n) is 0.953. The maximum atomic E-state index is 9.83. The number of aromatic amines is 1. The molecule has 3 nitrogen and oxygen atoms in total. The predicted octanol–water partition coefficient (Wildman–Crippen LogP) is 0.551. The SMILES string of the molecule is O=CC[CH]c1cnc[nH]1. The van der Waals surface area contributed by atoms with Gasteiger partial charge in [0.25, 0.3) is 0 Å². The van der Waals surface area contributed by atoms with Gasteiger partial charge in [0.1, 0.15) is 6.29 Å². The van der Waals surface area contributed by atoms with Crippen LogP contribution in [0.25, 0.3) is 0 Å². The second-order valence-electron chi connectivity index (χ2n) is 1.61. The molecule has 1 radical (unpaired) electrons. The van der Waals surface area contributed by atoms with Gasteiger partial charge in [0.05, 0.1) is 6.33 Å². The summed E-state index contributed by atoms with van der Waals surface area (Å²) >= 11 is 0. The molecule has 0 aliphatic rings. The van der Waals surface area contributed by atoms with Crippen LogP contribution in [0.5, 0.6) is 0 Å². The number of rotatable bonds is 3. The van der Waals surface area contributed by atoms with Crippen LogP contribution in [0.15, 0.2) is 12.5 Å². The van der Waals surface area contributed by atoms with Gasteiger partial charge in [0.2, 0.25) is 0 Å². The van der Waals surface area contributed by atoms with Crippen molar-refractivity contribution in [1.29, 1.82) is 0 Å². The summed E-state index contributed by atoms with van der Waals surface area (Å²) in [4.78, 5) is 16.5. The van der Waals surface area contributed by atoms with E-state index in [9.17, 15) is 4.79 Å². The topological polar surface area (TPSA) is 45.8 Å². The highest BCUT2D eigenvalue weighted by Crippen LogP contribution is 1.96. The van der Waals surface area contributed by atoms with E-state index in [2.05, 4.69) is 9.97 Å². The van der Waals surface area contributed by atoms with Crippen molar-refractivity contribution >= 4 is 6.29 Å². The first-order valence-corrected chi connectivity index (χ1v) is 2.68. The number of imidazole rings is 1. The monoisotopic (exact) mass is 123 g/mol. The maximum absolute atomic E-state index is 9.83. The van der Waals surface area contributed by atoms with Gasteiger partial charge >= 0.3 is 0 Å². The lowest BCUT2D eigenvalue weighted by Gasteiger charge is -1.85. The maximum Gasteiger partial charge on any atom is 0.120 e. The van der Waals surface area contributed by atoms with E-state index in [0.29, 0.717) is 6.42 Å². The molecule has 1 heterocycles. The number of carbonyl (C=O) groups excluding carboxylic acids is 1. The highest BCUT2D eigenvalue weighted by molar-refractivity contribution is 5.52. The Morgan fingerprint density at radius 3 is 3.22 bits per heavy atom. The van der Waals surface area contributed by atoms with Gasteiger partial charge in [0.15, 0.2) is 0 Å². The molecule has 0 saturated carbocycles. The van der Waals surface area contributed by atoms with E-state index >= 15 is 0 Å². The summed E-state index contributed by atoms with van der Waals surface area (Å²) in [6, 6.07) is 0. The smallest absolute Gasteiger partial charge is 0.120 e. The van der Waals surface area contributed by atoms with E-state index in [1.807, 2.05) is 0 Å². The number of hydrogen-bond donors (Lipinski definition) is 1. The average Bonchev–Trinajstić information content (AvgIpc) is 2.34. The molecule has 0 spiro atoms. The zero-order valence-corrected chi connectivity index (χ0v) is 4.87. The van der Waals surface area contributed by atoms with Crippen molar-refractivity contribution in [1.82, 2.24) is 9.97 Å². The Balaban J connectivity index is 2.38. The molecular weight excluding hydrogens is 116 g/mol. The third-order valence-corrected chi connectivity index (χ3v) is 0.953. The Kier molecular flexibility index (Phi) is 2.01. The van der Waals surface area contributed by atoms with E-state index in [-0.39, 0.29) is 0 Å². The van der Waals surface area contributed by atoms with Crippen molar-refractivity contribution in [3.05, 3.63) is 24.6 Å². The van der Waals surface area contributed by atoms with Crippen molar-refractivity contribution in [3.63, 3.8) is 0 Å². The van der Waals surface area contributed by atoms with Crippen LogP contribution in [0, 0.1) is 6.42 Å². The second-order valence-corrected chi connectivity index (χ2v) is 1.61. The van der Waals surface area contributed by atoms with E-state index in [1.165, 1.54) is 0 Å². The molecule has 1 aromatic heterocycles. The minimum absolute atomic E-state index is 0.447. The Hall–Kier alpha value is -1.12. The molecule has 0 aliphatic heterocycles. The molecule has 0 fully saturated rings. The number of nitrogens with one attached hydrogen (secondary N) is 1. The fourth-order valence-electron chi connectivity index (χ4n) is 0.553. The van der Waals surface area contributed by atoms with Crippen molar-refractivity contribution in [3.8, 4) is 0 Å². The number of H-pyrrole nitrogens is 1. The lowest BCUT2D eigenvalue weighted by Crippen LogP contribution is -1.80.